The zero-order valence-electron chi connectivity index (χ0n) is 14.8. The molecule has 0 aromatic rings. The third-order valence-electron chi connectivity index (χ3n) is 4.74. The lowest BCUT2D eigenvalue weighted by Gasteiger charge is -2.27. The van der Waals surface area contributed by atoms with Crippen LogP contribution in [0.2, 0.25) is 0 Å². The van der Waals surface area contributed by atoms with E-state index in [0.717, 1.165) is 25.7 Å². The summed E-state index contributed by atoms with van der Waals surface area (Å²) in [4.78, 5) is 23.8. The predicted molar refractivity (Wildman–Crippen MR) is 87.7 cm³/mol. The molecule has 1 fully saturated rings. The van der Waals surface area contributed by atoms with E-state index in [1.807, 2.05) is 13.8 Å². The first-order chi connectivity index (χ1) is 11.0. The van der Waals surface area contributed by atoms with Gasteiger partial charge in [-0.1, -0.05) is 6.92 Å². The number of aliphatic hydroxyl groups is 1. The van der Waals surface area contributed by atoms with Crippen LogP contribution in [0.1, 0.15) is 65.7 Å². The van der Waals surface area contributed by atoms with Crippen molar-refractivity contribution < 1.29 is 24.2 Å². The van der Waals surface area contributed by atoms with Crippen LogP contribution < -0.4 is 0 Å². The summed E-state index contributed by atoms with van der Waals surface area (Å²) in [5.74, 6) is 0.169. The quantitative estimate of drug-likeness (QED) is 0.658. The SMILES string of the molecule is CCOC(=O)C(CC)CC(C)OC(=O)CC1CCC(CO)CC1. The molecule has 0 spiro atoms. The third kappa shape index (κ3) is 7.34. The normalized spacial score (nSPS) is 23.8. The van der Waals surface area contributed by atoms with Crippen molar-refractivity contribution in [1.29, 1.82) is 0 Å². The Morgan fingerprint density at radius 3 is 2.26 bits per heavy atom. The molecule has 1 rings (SSSR count). The fourth-order valence-corrected chi connectivity index (χ4v) is 3.26. The standard InChI is InChI=1S/C18H32O5/c1-4-16(18(21)22-5-2)10-13(3)23-17(20)11-14-6-8-15(12-19)9-7-14/h13-16,19H,4-12H2,1-3H3. The molecule has 1 aliphatic carbocycles. The maximum absolute atomic E-state index is 12.1. The van der Waals surface area contributed by atoms with Gasteiger partial charge in [-0.3, -0.25) is 9.59 Å². The molecule has 23 heavy (non-hydrogen) atoms. The largest absolute Gasteiger partial charge is 0.466 e. The summed E-state index contributed by atoms with van der Waals surface area (Å²) in [5.41, 5.74) is 0. The Balaban J connectivity index is 2.31. The molecule has 5 heteroatoms. The van der Waals surface area contributed by atoms with E-state index in [4.69, 9.17) is 14.6 Å². The van der Waals surface area contributed by atoms with E-state index < -0.39 is 0 Å². The molecular weight excluding hydrogens is 296 g/mol. The monoisotopic (exact) mass is 328 g/mol. The van der Waals surface area contributed by atoms with Crippen LogP contribution in [0.3, 0.4) is 0 Å². The van der Waals surface area contributed by atoms with Crippen LogP contribution in [-0.2, 0) is 19.1 Å². The van der Waals surface area contributed by atoms with Gasteiger partial charge >= 0.3 is 11.9 Å². The van der Waals surface area contributed by atoms with E-state index in [2.05, 4.69) is 0 Å². The second-order valence-corrected chi connectivity index (χ2v) is 6.67. The molecule has 0 heterocycles. The van der Waals surface area contributed by atoms with Crippen LogP contribution in [0.15, 0.2) is 0 Å². The number of rotatable bonds is 9. The lowest BCUT2D eigenvalue weighted by molar-refractivity contribution is -0.155. The molecule has 2 unspecified atom stereocenters. The topological polar surface area (TPSA) is 72.8 Å². The van der Waals surface area contributed by atoms with Gasteiger partial charge in [0.2, 0.25) is 0 Å². The van der Waals surface area contributed by atoms with Gasteiger partial charge < -0.3 is 14.6 Å². The van der Waals surface area contributed by atoms with Crippen molar-refractivity contribution in [2.75, 3.05) is 13.2 Å². The maximum atomic E-state index is 12.1. The van der Waals surface area contributed by atoms with Crippen LogP contribution in [0, 0.1) is 17.8 Å². The lowest BCUT2D eigenvalue weighted by Crippen LogP contribution is -2.26. The van der Waals surface area contributed by atoms with Crippen molar-refractivity contribution in [2.24, 2.45) is 17.8 Å². The van der Waals surface area contributed by atoms with Gasteiger partial charge in [0.1, 0.15) is 0 Å². The van der Waals surface area contributed by atoms with Gasteiger partial charge in [0.05, 0.1) is 18.6 Å². The average molecular weight is 328 g/mol. The minimum absolute atomic E-state index is 0.177. The molecule has 5 nitrogen and oxygen atoms in total. The summed E-state index contributed by atoms with van der Waals surface area (Å²) in [6, 6.07) is 0. The number of carbonyl (C=O) groups is 2. The van der Waals surface area contributed by atoms with Crippen molar-refractivity contribution in [3.63, 3.8) is 0 Å². The third-order valence-corrected chi connectivity index (χ3v) is 4.74. The minimum atomic E-state index is -0.273. The van der Waals surface area contributed by atoms with Crippen LogP contribution in [0.25, 0.3) is 0 Å². The van der Waals surface area contributed by atoms with Crippen LogP contribution in [-0.4, -0.2) is 36.4 Å². The number of hydrogen-bond acceptors (Lipinski definition) is 5. The second kappa shape index (κ2) is 10.6. The highest BCUT2D eigenvalue weighted by atomic mass is 16.5. The summed E-state index contributed by atoms with van der Waals surface area (Å²) >= 11 is 0. The van der Waals surface area contributed by atoms with E-state index in [9.17, 15) is 9.59 Å². The maximum Gasteiger partial charge on any atom is 0.309 e. The number of ether oxygens (including phenoxy) is 2. The average Bonchev–Trinajstić information content (AvgIpc) is 2.53. The molecule has 0 saturated heterocycles. The predicted octanol–water partition coefficient (Wildman–Crippen LogP) is 3.09. The molecule has 134 valence electrons. The van der Waals surface area contributed by atoms with Gasteiger partial charge in [-0.05, 0) is 64.2 Å². The number of carbonyl (C=O) groups excluding carboxylic acids is 2. The number of hydrogen-bond donors (Lipinski definition) is 1. The van der Waals surface area contributed by atoms with Gasteiger partial charge in [0.25, 0.3) is 0 Å². The molecule has 0 radical (unpaired) electrons. The Labute approximate surface area is 139 Å². The molecule has 0 aromatic carbocycles. The van der Waals surface area contributed by atoms with Crippen molar-refractivity contribution in [2.45, 2.75) is 71.8 Å². The van der Waals surface area contributed by atoms with Crippen LogP contribution in [0.5, 0.6) is 0 Å². The van der Waals surface area contributed by atoms with Gasteiger partial charge in [-0.15, -0.1) is 0 Å². The first-order valence-electron chi connectivity index (χ1n) is 8.97. The van der Waals surface area contributed by atoms with Gasteiger partial charge in [0, 0.05) is 13.0 Å². The van der Waals surface area contributed by atoms with E-state index in [0.29, 0.717) is 37.7 Å². The van der Waals surface area contributed by atoms with Crippen molar-refractivity contribution in [3.8, 4) is 0 Å². The Bertz CT molecular complexity index is 360. The fraction of sp³-hybridized carbons (Fsp3) is 0.889. The Morgan fingerprint density at radius 1 is 1.13 bits per heavy atom. The number of esters is 2. The van der Waals surface area contributed by atoms with Crippen molar-refractivity contribution >= 4 is 11.9 Å². The highest BCUT2D eigenvalue weighted by molar-refractivity contribution is 5.72. The number of aliphatic hydroxyl groups excluding tert-OH is 1. The Kier molecular flexibility index (Phi) is 9.22. The van der Waals surface area contributed by atoms with Gasteiger partial charge in [-0.25, -0.2) is 0 Å². The van der Waals surface area contributed by atoms with Gasteiger partial charge in [0.15, 0.2) is 0 Å². The first-order valence-corrected chi connectivity index (χ1v) is 8.97. The zero-order valence-corrected chi connectivity index (χ0v) is 14.8. The molecule has 1 N–H and O–H groups in total. The van der Waals surface area contributed by atoms with E-state index in [1.165, 1.54) is 0 Å². The van der Waals surface area contributed by atoms with E-state index >= 15 is 0 Å². The van der Waals surface area contributed by atoms with Crippen LogP contribution >= 0.6 is 0 Å². The van der Waals surface area contributed by atoms with Crippen molar-refractivity contribution in [1.82, 2.24) is 0 Å². The summed E-state index contributed by atoms with van der Waals surface area (Å²) < 4.78 is 10.5. The second-order valence-electron chi connectivity index (χ2n) is 6.67. The van der Waals surface area contributed by atoms with E-state index in [-0.39, 0.29) is 30.6 Å². The molecule has 0 amide bonds. The lowest BCUT2D eigenvalue weighted by atomic mass is 9.81. The fourth-order valence-electron chi connectivity index (χ4n) is 3.26. The van der Waals surface area contributed by atoms with Gasteiger partial charge in [-0.2, -0.15) is 0 Å². The Morgan fingerprint density at radius 2 is 1.74 bits per heavy atom. The summed E-state index contributed by atoms with van der Waals surface area (Å²) in [5, 5.41) is 9.14. The highest BCUT2D eigenvalue weighted by Crippen LogP contribution is 2.30. The molecule has 1 saturated carbocycles. The van der Waals surface area contributed by atoms with Crippen molar-refractivity contribution in [3.05, 3.63) is 0 Å². The van der Waals surface area contributed by atoms with Crippen LogP contribution in [0.4, 0.5) is 0 Å². The summed E-state index contributed by atoms with van der Waals surface area (Å²) in [6.07, 6.45) is 5.31. The Hall–Kier alpha value is -1.10. The molecule has 0 aliphatic heterocycles. The molecule has 1 aliphatic rings. The summed E-state index contributed by atoms with van der Waals surface area (Å²) in [7, 11) is 0. The smallest absolute Gasteiger partial charge is 0.309 e. The first kappa shape index (κ1) is 19.9. The molecule has 0 bridgehead atoms. The zero-order chi connectivity index (χ0) is 17.2. The minimum Gasteiger partial charge on any atom is -0.466 e. The van der Waals surface area contributed by atoms with E-state index in [1.54, 1.807) is 6.92 Å². The molecular formula is C18H32O5. The molecule has 2 atom stereocenters. The summed E-state index contributed by atoms with van der Waals surface area (Å²) in [6.45, 7) is 6.19. The molecule has 0 aromatic heterocycles. The highest BCUT2D eigenvalue weighted by Gasteiger charge is 2.26.